The van der Waals surface area contributed by atoms with Crippen LogP contribution in [0.5, 0.6) is 0 Å². The molecule has 0 saturated carbocycles. The number of hydrogen-bond acceptors (Lipinski definition) is 6. The van der Waals surface area contributed by atoms with E-state index in [1.807, 2.05) is 20.2 Å². The standard InChI is InChI=1S/C23H32N4O3S2/c1-4-32(29,30)27-7-5-15(6-8-27)21-12-25-22-19(21)10-16(11-20(22)23(24)28)17-9-18(31-14-17)13-26(2)3/h9-11,14-15,21,25H,4-8,12-13H2,1-3H3,(H2,24,28). The average molecular weight is 477 g/mol. The van der Waals surface area contributed by atoms with Crippen molar-refractivity contribution in [3.8, 4) is 11.1 Å². The second kappa shape index (κ2) is 9.13. The Kier molecular flexibility index (Phi) is 6.63. The van der Waals surface area contributed by atoms with Gasteiger partial charge in [-0.05, 0) is 80.0 Å². The van der Waals surface area contributed by atoms with Crippen LogP contribution in [0.1, 0.15) is 46.5 Å². The van der Waals surface area contributed by atoms with E-state index in [4.69, 9.17) is 5.73 Å². The number of nitrogens with two attached hydrogens (primary N) is 1. The summed E-state index contributed by atoms with van der Waals surface area (Å²) in [5.41, 5.74) is 10.4. The van der Waals surface area contributed by atoms with Crippen molar-refractivity contribution < 1.29 is 13.2 Å². The van der Waals surface area contributed by atoms with Gasteiger partial charge in [0.1, 0.15) is 0 Å². The van der Waals surface area contributed by atoms with Gasteiger partial charge in [0.15, 0.2) is 0 Å². The number of anilines is 1. The van der Waals surface area contributed by atoms with Crippen LogP contribution in [0.2, 0.25) is 0 Å². The summed E-state index contributed by atoms with van der Waals surface area (Å²) in [7, 11) is 0.956. The third kappa shape index (κ3) is 4.57. The van der Waals surface area contributed by atoms with Gasteiger partial charge in [-0.1, -0.05) is 0 Å². The molecule has 174 valence electrons. The molecule has 3 N–H and O–H groups in total. The zero-order valence-corrected chi connectivity index (χ0v) is 20.6. The minimum Gasteiger partial charge on any atom is -0.384 e. The van der Waals surface area contributed by atoms with Gasteiger partial charge in [-0.3, -0.25) is 4.79 Å². The molecule has 1 aromatic carbocycles. The van der Waals surface area contributed by atoms with Crippen molar-refractivity contribution in [1.82, 2.24) is 9.21 Å². The quantitative estimate of drug-likeness (QED) is 0.640. The van der Waals surface area contributed by atoms with Crippen molar-refractivity contribution in [2.24, 2.45) is 11.7 Å². The Morgan fingerprint density at radius 2 is 1.94 bits per heavy atom. The fourth-order valence-corrected chi connectivity index (χ4v) is 7.07. The largest absolute Gasteiger partial charge is 0.384 e. The summed E-state index contributed by atoms with van der Waals surface area (Å²) in [6, 6.07) is 6.28. The molecule has 0 radical (unpaired) electrons. The molecular weight excluding hydrogens is 444 g/mol. The zero-order chi connectivity index (χ0) is 23.0. The number of sulfonamides is 1. The SMILES string of the molecule is CCS(=O)(=O)N1CCC(C2CNc3c(C(N)=O)cc(-c4csc(CN(C)C)c4)cc32)CC1. The van der Waals surface area contributed by atoms with Crippen LogP contribution in [0.3, 0.4) is 0 Å². The first kappa shape index (κ1) is 23.2. The first-order valence-corrected chi connectivity index (χ1v) is 13.6. The Morgan fingerprint density at radius 1 is 1.22 bits per heavy atom. The maximum atomic E-state index is 12.3. The normalized spacial score (nSPS) is 19.8. The van der Waals surface area contributed by atoms with Crippen LogP contribution >= 0.6 is 11.3 Å². The van der Waals surface area contributed by atoms with Crippen LogP contribution in [0.4, 0.5) is 5.69 Å². The second-order valence-electron chi connectivity index (χ2n) is 9.02. The maximum Gasteiger partial charge on any atom is 0.250 e. The molecule has 2 aliphatic heterocycles. The van der Waals surface area contributed by atoms with Gasteiger partial charge in [0.25, 0.3) is 5.91 Å². The number of piperidine rings is 1. The van der Waals surface area contributed by atoms with Crippen molar-refractivity contribution in [2.45, 2.75) is 32.2 Å². The Balaban J connectivity index is 1.62. The Hall–Kier alpha value is -1.94. The van der Waals surface area contributed by atoms with Crippen molar-refractivity contribution in [3.05, 3.63) is 39.6 Å². The molecule has 2 aromatic rings. The number of hydrogen-bond donors (Lipinski definition) is 2. The number of nitrogens with zero attached hydrogens (tertiary/aromatic N) is 2. The van der Waals surface area contributed by atoms with Crippen LogP contribution in [-0.2, 0) is 16.6 Å². The summed E-state index contributed by atoms with van der Waals surface area (Å²) in [6.07, 6.45) is 1.65. The van der Waals surface area contributed by atoms with E-state index in [1.54, 1.807) is 22.6 Å². The highest BCUT2D eigenvalue weighted by atomic mass is 32.2. The lowest BCUT2D eigenvalue weighted by Gasteiger charge is -2.34. The summed E-state index contributed by atoms with van der Waals surface area (Å²) in [5.74, 6) is 0.334. The monoisotopic (exact) mass is 476 g/mol. The molecule has 7 nitrogen and oxygen atoms in total. The maximum absolute atomic E-state index is 12.3. The van der Waals surface area contributed by atoms with E-state index in [-0.39, 0.29) is 11.7 Å². The summed E-state index contributed by atoms with van der Waals surface area (Å²) in [5, 5.41) is 5.56. The van der Waals surface area contributed by atoms with Gasteiger partial charge in [0, 0.05) is 37.0 Å². The number of carbonyl (C=O) groups is 1. The van der Waals surface area contributed by atoms with Crippen molar-refractivity contribution in [2.75, 3.05) is 44.8 Å². The molecule has 32 heavy (non-hydrogen) atoms. The smallest absolute Gasteiger partial charge is 0.250 e. The van der Waals surface area contributed by atoms with Crippen LogP contribution in [0.25, 0.3) is 11.1 Å². The van der Waals surface area contributed by atoms with Crippen LogP contribution in [0, 0.1) is 5.92 Å². The van der Waals surface area contributed by atoms with Crippen molar-refractivity contribution in [1.29, 1.82) is 0 Å². The number of benzene rings is 1. The highest BCUT2D eigenvalue weighted by molar-refractivity contribution is 7.89. The Bertz CT molecular complexity index is 1100. The molecule has 1 amide bonds. The first-order chi connectivity index (χ1) is 15.2. The van der Waals surface area contributed by atoms with Crippen LogP contribution in [-0.4, -0.2) is 63.0 Å². The Morgan fingerprint density at radius 3 is 2.56 bits per heavy atom. The van der Waals surface area contributed by atoms with Gasteiger partial charge in [-0.25, -0.2) is 12.7 Å². The third-order valence-electron chi connectivity index (χ3n) is 6.62. The van der Waals surface area contributed by atoms with Gasteiger partial charge in [-0.2, -0.15) is 0 Å². The molecule has 1 aromatic heterocycles. The van der Waals surface area contributed by atoms with Gasteiger partial charge in [-0.15, -0.1) is 11.3 Å². The zero-order valence-electron chi connectivity index (χ0n) is 18.9. The van der Waals surface area contributed by atoms with E-state index in [1.165, 1.54) is 4.88 Å². The molecule has 9 heteroatoms. The fraction of sp³-hybridized carbons (Fsp3) is 0.522. The number of thiophene rings is 1. The van der Waals surface area contributed by atoms with Crippen molar-refractivity contribution >= 4 is 33.0 Å². The van der Waals surface area contributed by atoms with E-state index in [2.05, 4.69) is 27.7 Å². The molecular formula is C23H32N4O3S2. The molecule has 1 atom stereocenters. The first-order valence-electron chi connectivity index (χ1n) is 11.1. The number of primary amides is 1. The van der Waals surface area contributed by atoms with Gasteiger partial charge in [0.2, 0.25) is 10.0 Å². The van der Waals surface area contributed by atoms with Gasteiger partial charge >= 0.3 is 0 Å². The van der Waals surface area contributed by atoms with Gasteiger partial charge in [0.05, 0.1) is 17.0 Å². The van der Waals surface area contributed by atoms with Crippen LogP contribution in [0.15, 0.2) is 23.6 Å². The predicted octanol–water partition coefficient (Wildman–Crippen LogP) is 3.15. The number of fused-ring (bicyclic) bond motifs is 1. The fourth-order valence-electron chi connectivity index (χ4n) is 4.92. The molecule has 3 heterocycles. The molecule has 1 fully saturated rings. The molecule has 0 aliphatic carbocycles. The van der Waals surface area contributed by atoms with Crippen LogP contribution < -0.4 is 11.1 Å². The lowest BCUT2D eigenvalue weighted by molar-refractivity contribution is 0.100. The summed E-state index contributed by atoms with van der Waals surface area (Å²) in [6.45, 7) is 4.45. The van der Waals surface area contributed by atoms with E-state index in [9.17, 15) is 13.2 Å². The Labute approximate surface area is 194 Å². The lowest BCUT2D eigenvalue weighted by Crippen LogP contribution is -2.40. The molecule has 1 saturated heterocycles. The van der Waals surface area contributed by atoms with Gasteiger partial charge < -0.3 is 16.0 Å². The number of nitrogens with one attached hydrogen (secondary N) is 1. The second-order valence-corrected chi connectivity index (χ2v) is 12.3. The molecule has 1 unspecified atom stereocenters. The topological polar surface area (TPSA) is 95.7 Å². The molecule has 4 rings (SSSR count). The van der Waals surface area contributed by atoms with E-state index in [0.29, 0.717) is 24.6 Å². The number of rotatable bonds is 7. The van der Waals surface area contributed by atoms with Crippen molar-refractivity contribution in [3.63, 3.8) is 0 Å². The summed E-state index contributed by atoms with van der Waals surface area (Å²) < 4.78 is 26.1. The third-order valence-corrected chi connectivity index (χ3v) is 9.42. The highest BCUT2D eigenvalue weighted by Gasteiger charge is 2.36. The predicted molar refractivity (Wildman–Crippen MR) is 131 cm³/mol. The number of carbonyl (C=O) groups excluding carboxylic acids is 1. The minimum atomic E-state index is -3.14. The van der Waals surface area contributed by atoms with E-state index in [0.717, 1.165) is 48.3 Å². The van der Waals surface area contributed by atoms with E-state index < -0.39 is 15.9 Å². The average Bonchev–Trinajstić information content (AvgIpc) is 3.39. The van der Waals surface area contributed by atoms with E-state index >= 15 is 0 Å². The molecule has 0 spiro atoms. The summed E-state index contributed by atoms with van der Waals surface area (Å²) in [4.78, 5) is 15.7. The summed E-state index contributed by atoms with van der Waals surface area (Å²) >= 11 is 1.72. The molecule has 0 bridgehead atoms. The highest BCUT2D eigenvalue weighted by Crippen LogP contribution is 2.44. The minimum absolute atomic E-state index is 0.146. The number of amides is 1. The lowest BCUT2D eigenvalue weighted by atomic mass is 9.80. The molecule has 2 aliphatic rings.